The van der Waals surface area contributed by atoms with E-state index in [1.807, 2.05) is 19.9 Å². The summed E-state index contributed by atoms with van der Waals surface area (Å²) in [6.07, 6.45) is 1.72. The lowest BCUT2D eigenvalue weighted by molar-refractivity contribution is 0.278. The van der Waals surface area contributed by atoms with Crippen LogP contribution in [0.3, 0.4) is 0 Å². The van der Waals surface area contributed by atoms with E-state index in [0.29, 0.717) is 30.4 Å². The summed E-state index contributed by atoms with van der Waals surface area (Å²) in [5, 5.41) is 0. The third-order valence-corrected chi connectivity index (χ3v) is 5.62. The van der Waals surface area contributed by atoms with Crippen LogP contribution >= 0.6 is 0 Å². The van der Waals surface area contributed by atoms with Gasteiger partial charge in [-0.05, 0) is 62.4 Å². The van der Waals surface area contributed by atoms with Crippen molar-refractivity contribution in [3.63, 3.8) is 0 Å². The summed E-state index contributed by atoms with van der Waals surface area (Å²) < 4.78 is 26.8. The van der Waals surface area contributed by atoms with Gasteiger partial charge < -0.3 is 5.73 Å². The molecule has 2 rings (SSSR count). The Balaban J connectivity index is 2.23. The van der Waals surface area contributed by atoms with Crippen LogP contribution in [0.2, 0.25) is 0 Å². The van der Waals surface area contributed by atoms with E-state index in [2.05, 4.69) is 0 Å². The molecule has 1 aromatic carbocycles. The maximum absolute atomic E-state index is 12.6. The summed E-state index contributed by atoms with van der Waals surface area (Å²) in [5.74, 6) is 0.464. The molecule has 0 amide bonds. The van der Waals surface area contributed by atoms with E-state index in [1.165, 1.54) is 0 Å². The fourth-order valence-corrected chi connectivity index (χ4v) is 4.28. The van der Waals surface area contributed by atoms with Crippen molar-refractivity contribution in [2.45, 2.75) is 31.6 Å². The first-order valence-electron chi connectivity index (χ1n) is 6.72. The summed E-state index contributed by atoms with van der Waals surface area (Å²) in [7, 11) is -3.35. The molecule has 2 N–H and O–H groups in total. The predicted molar refractivity (Wildman–Crippen MR) is 76.5 cm³/mol. The number of hydrogen-bond acceptors (Lipinski definition) is 3. The minimum atomic E-state index is -3.35. The van der Waals surface area contributed by atoms with Crippen molar-refractivity contribution >= 4 is 10.0 Å². The van der Waals surface area contributed by atoms with Crippen LogP contribution in [0.25, 0.3) is 0 Å². The number of hydrogen-bond donors (Lipinski definition) is 1. The minimum Gasteiger partial charge on any atom is -0.330 e. The van der Waals surface area contributed by atoms with Crippen LogP contribution in [0.5, 0.6) is 0 Å². The fourth-order valence-electron chi connectivity index (χ4n) is 2.62. The zero-order valence-corrected chi connectivity index (χ0v) is 12.4. The Labute approximate surface area is 115 Å². The summed E-state index contributed by atoms with van der Waals surface area (Å²) >= 11 is 0. The van der Waals surface area contributed by atoms with Crippen LogP contribution in [0.1, 0.15) is 24.0 Å². The normalized spacial score (nSPS) is 18.7. The predicted octanol–water partition coefficient (Wildman–Crippen LogP) is 1.66. The number of piperidine rings is 1. The molecule has 1 fully saturated rings. The molecule has 1 aliphatic heterocycles. The van der Waals surface area contributed by atoms with E-state index in [9.17, 15) is 8.42 Å². The topological polar surface area (TPSA) is 63.4 Å². The van der Waals surface area contributed by atoms with Gasteiger partial charge in [-0.15, -0.1) is 0 Å². The summed E-state index contributed by atoms with van der Waals surface area (Å²) in [6.45, 7) is 5.66. The van der Waals surface area contributed by atoms with Crippen molar-refractivity contribution in [3.8, 4) is 0 Å². The van der Waals surface area contributed by atoms with Gasteiger partial charge in [0.05, 0.1) is 4.90 Å². The first-order valence-corrected chi connectivity index (χ1v) is 8.16. The van der Waals surface area contributed by atoms with E-state index < -0.39 is 10.0 Å². The Morgan fingerprint density at radius 1 is 1.16 bits per heavy atom. The molecule has 0 saturated carbocycles. The van der Waals surface area contributed by atoms with Crippen molar-refractivity contribution in [2.75, 3.05) is 19.6 Å². The van der Waals surface area contributed by atoms with Crippen molar-refractivity contribution in [1.29, 1.82) is 0 Å². The van der Waals surface area contributed by atoms with Crippen LogP contribution in [0.4, 0.5) is 0 Å². The van der Waals surface area contributed by atoms with Gasteiger partial charge in [0.25, 0.3) is 0 Å². The van der Waals surface area contributed by atoms with Crippen LogP contribution in [0, 0.1) is 19.8 Å². The van der Waals surface area contributed by atoms with E-state index in [1.54, 1.807) is 16.4 Å². The van der Waals surface area contributed by atoms with E-state index >= 15 is 0 Å². The number of benzene rings is 1. The smallest absolute Gasteiger partial charge is 0.243 e. The molecule has 0 spiro atoms. The average molecular weight is 282 g/mol. The third-order valence-electron chi connectivity index (χ3n) is 3.74. The molecule has 19 heavy (non-hydrogen) atoms. The van der Waals surface area contributed by atoms with Crippen LogP contribution in [-0.2, 0) is 10.0 Å². The van der Waals surface area contributed by atoms with Gasteiger partial charge in [-0.2, -0.15) is 4.31 Å². The molecular formula is C14H22N2O2S. The molecule has 0 radical (unpaired) electrons. The van der Waals surface area contributed by atoms with Gasteiger partial charge in [0.2, 0.25) is 10.0 Å². The molecule has 4 nitrogen and oxygen atoms in total. The highest BCUT2D eigenvalue weighted by molar-refractivity contribution is 7.89. The Morgan fingerprint density at radius 3 is 2.16 bits per heavy atom. The first kappa shape index (κ1) is 14.5. The van der Waals surface area contributed by atoms with Gasteiger partial charge in [0.1, 0.15) is 0 Å². The van der Waals surface area contributed by atoms with E-state index in [-0.39, 0.29) is 0 Å². The second kappa shape index (κ2) is 5.61. The van der Waals surface area contributed by atoms with Crippen molar-refractivity contribution in [1.82, 2.24) is 4.31 Å². The first-order chi connectivity index (χ1) is 8.93. The molecule has 106 valence electrons. The highest BCUT2D eigenvalue weighted by atomic mass is 32.2. The highest BCUT2D eigenvalue weighted by Gasteiger charge is 2.29. The fraction of sp³-hybridized carbons (Fsp3) is 0.571. The van der Waals surface area contributed by atoms with Gasteiger partial charge in [0.15, 0.2) is 0 Å². The molecule has 0 atom stereocenters. The Bertz CT molecular complexity index is 526. The Hall–Kier alpha value is -0.910. The average Bonchev–Trinajstić information content (AvgIpc) is 2.37. The van der Waals surface area contributed by atoms with Gasteiger partial charge in [0, 0.05) is 13.1 Å². The minimum absolute atomic E-state index is 0.413. The Kier molecular flexibility index (Phi) is 4.28. The van der Waals surface area contributed by atoms with Crippen LogP contribution in [0.15, 0.2) is 23.1 Å². The van der Waals surface area contributed by atoms with Gasteiger partial charge in [-0.1, -0.05) is 6.07 Å². The standard InChI is InChI=1S/C14H22N2O2S/c1-11-7-12(2)9-14(8-11)19(17,18)16-5-3-13(10-15)4-6-16/h7-9,13H,3-6,10,15H2,1-2H3. The quantitative estimate of drug-likeness (QED) is 0.917. The second-order valence-electron chi connectivity index (χ2n) is 5.41. The molecule has 1 heterocycles. The zero-order chi connectivity index (χ0) is 14.0. The maximum Gasteiger partial charge on any atom is 0.243 e. The number of nitrogens with two attached hydrogens (primary N) is 1. The largest absolute Gasteiger partial charge is 0.330 e. The molecule has 1 aliphatic rings. The Morgan fingerprint density at radius 2 is 1.68 bits per heavy atom. The molecule has 0 aliphatic carbocycles. The lowest BCUT2D eigenvalue weighted by Crippen LogP contribution is -2.40. The number of sulfonamides is 1. The molecule has 0 aromatic heterocycles. The molecule has 1 aromatic rings. The lowest BCUT2D eigenvalue weighted by Gasteiger charge is -2.30. The molecule has 0 unspecified atom stereocenters. The van der Waals surface area contributed by atoms with E-state index in [0.717, 1.165) is 24.0 Å². The van der Waals surface area contributed by atoms with E-state index in [4.69, 9.17) is 5.73 Å². The monoisotopic (exact) mass is 282 g/mol. The number of nitrogens with zero attached hydrogens (tertiary/aromatic N) is 1. The summed E-state index contributed by atoms with van der Waals surface area (Å²) in [5.41, 5.74) is 7.60. The van der Waals surface area contributed by atoms with Gasteiger partial charge in [-0.3, -0.25) is 0 Å². The van der Waals surface area contributed by atoms with Crippen molar-refractivity contribution < 1.29 is 8.42 Å². The van der Waals surface area contributed by atoms with Gasteiger partial charge >= 0.3 is 0 Å². The summed E-state index contributed by atoms with van der Waals surface area (Å²) in [4.78, 5) is 0.413. The van der Waals surface area contributed by atoms with Crippen LogP contribution < -0.4 is 5.73 Å². The molecule has 1 saturated heterocycles. The van der Waals surface area contributed by atoms with Crippen LogP contribution in [-0.4, -0.2) is 32.4 Å². The van der Waals surface area contributed by atoms with Crippen molar-refractivity contribution in [3.05, 3.63) is 29.3 Å². The number of rotatable bonds is 3. The molecule has 0 bridgehead atoms. The number of aryl methyl sites for hydroxylation is 2. The maximum atomic E-state index is 12.6. The molecular weight excluding hydrogens is 260 g/mol. The lowest BCUT2D eigenvalue weighted by atomic mass is 9.99. The third kappa shape index (κ3) is 3.16. The summed E-state index contributed by atoms with van der Waals surface area (Å²) in [6, 6.07) is 5.48. The SMILES string of the molecule is Cc1cc(C)cc(S(=O)(=O)N2CCC(CN)CC2)c1. The molecule has 5 heteroatoms. The highest BCUT2D eigenvalue weighted by Crippen LogP contribution is 2.24. The second-order valence-corrected chi connectivity index (χ2v) is 7.34. The van der Waals surface area contributed by atoms with Gasteiger partial charge in [-0.25, -0.2) is 8.42 Å². The zero-order valence-electron chi connectivity index (χ0n) is 11.6. The van der Waals surface area contributed by atoms with Crippen molar-refractivity contribution in [2.24, 2.45) is 11.7 Å².